The molecule has 0 saturated heterocycles. The van der Waals surface area contributed by atoms with Gasteiger partial charge in [-0.2, -0.15) is 0 Å². The van der Waals surface area contributed by atoms with Crippen LogP contribution in [0.4, 0.5) is 0 Å². The lowest BCUT2D eigenvalue weighted by atomic mass is 9.89. The van der Waals surface area contributed by atoms with Gasteiger partial charge in [-0.25, -0.2) is 0 Å². The van der Waals surface area contributed by atoms with E-state index in [1.54, 1.807) is 7.11 Å². The molecule has 5 rings (SSSR count). The first-order valence-corrected chi connectivity index (χ1v) is 17.1. The zero-order valence-corrected chi connectivity index (χ0v) is 27.7. The Hall–Kier alpha value is -4.11. The van der Waals surface area contributed by atoms with Crippen LogP contribution in [-0.4, -0.2) is 48.0 Å². The number of carbonyl (C=O) groups excluding carboxylic acids is 1. The van der Waals surface area contributed by atoms with E-state index < -0.39 is 20.3 Å². The molecule has 0 N–H and O–H groups in total. The minimum Gasteiger partial charge on any atom is -0.493 e. The number of esters is 1. The van der Waals surface area contributed by atoms with Crippen LogP contribution in [0.2, 0.25) is 5.04 Å². The van der Waals surface area contributed by atoms with Gasteiger partial charge in [0.2, 0.25) is 12.5 Å². The molecule has 0 radical (unpaired) electrons. The van der Waals surface area contributed by atoms with Gasteiger partial charge in [0.15, 0.2) is 11.5 Å². The normalized spacial score (nSPS) is 14.1. The fraction of sp³-hybridized carbons (Fsp3) is 0.324. The van der Waals surface area contributed by atoms with Crippen molar-refractivity contribution in [3.63, 3.8) is 0 Å². The van der Waals surface area contributed by atoms with Gasteiger partial charge in [-0.3, -0.25) is 4.79 Å². The number of carbonyl (C=O) groups is 1. The van der Waals surface area contributed by atoms with Crippen molar-refractivity contribution in [2.45, 2.75) is 50.9 Å². The Morgan fingerprint density at radius 2 is 1.44 bits per heavy atom. The molecule has 0 amide bonds. The third kappa shape index (κ3) is 7.09. The third-order valence-corrected chi connectivity index (χ3v) is 13.4. The van der Waals surface area contributed by atoms with Crippen LogP contribution in [0, 0.1) is 0 Å². The Labute approximate surface area is 267 Å². The minimum atomic E-state index is -2.92. The Morgan fingerprint density at radius 3 is 2.00 bits per heavy atom. The molecule has 1 heterocycles. The maximum atomic E-state index is 13.0. The topological polar surface area (TPSA) is 72.5 Å². The van der Waals surface area contributed by atoms with Crippen LogP contribution < -0.4 is 24.6 Å². The molecule has 1 aliphatic rings. The van der Waals surface area contributed by atoms with E-state index in [0.29, 0.717) is 23.9 Å². The van der Waals surface area contributed by atoms with Gasteiger partial charge in [-0.05, 0) is 38.7 Å². The number of methoxy groups -OCH3 is 2. The molecule has 45 heavy (non-hydrogen) atoms. The van der Waals surface area contributed by atoms with Crippen molar-refractivity contribution in [3.05, 3.63) is 114 Å². The number of rotatable bonds is 13. The maximum absolute atomic E-state index is 13.0. The lowest BCUT2D eigenvalue weighted by Crippen LogP contribution is -2.67. The van der Waals surface area contributed by atoms with Crippen molar-refractivity contribution >= 4 is 24.7 Å². The number of ether oxygens (including phenoxy) is 5. The van der Waals surface area contributed by atoms with Crippen molar-refractivity contribution in [2.75, 3.05) is 27.6 Å². The predicted octanol–water partition coefficient (Wildman–Crippen LogP) is 6.23. The summed E-state index contributed by atoms with van der Waals surface area (Å²) in [5.74, 6) is 0.847. The zero-order valence-electron chi connectivity index (χ0n) is 26.7. The second-order valence-electron chi connectivity index (χ2n) is 12.2. The minimum absolute atomic E-state index is 0.0723. The highest BCUT2D eigenvalue weighted by molar-refractivity contribution is 6.99. The summed E-state index contributed by atoms with van der Waals surface area (Å²) in [5.41, 5.74) is 1.83. The van der Waals surface area contributed by atoms with Gasteiger partial charge >= 0.3 is 5.97 Å². The second kappa shape index (κ2) is 14.3. The average molecular weight is 627 g/mol. The molecule has 0 aromatic heterocycles. The zero-order chi connectivity index (χ0) is 31.9. The first-order chi connectivity index (χ1) is 21.8. The lowest BCUT2D eigenvalue weighted by molar-refractivity contribution is -0.142. The Balaban J connectivity index is 1.60. The quantitative estimate of drug-likeness (QED) is 0.129. The molecule has 236 valence electrons. The van der Waals surface area contributed by atoms with Gasteiger partial charge in [0.05, 0.1) is 40.0 Å². The summed E-state index contributed by atoms with van der Waals surface area (Å²) in [4.78, 5) is 13.0. The third-order valence-electron chi connectivity index (χ3n) is 8.36. The van der Waals surface area contributed by atoms with E-state index in [-0.39, 0.29) is 30.8 Å². The molecule has 7 nitrogen and oxygen atoms in total. The summed E-state index contributed by atoms with van der Waals surface area (Å²) < 4.78 is 36.4. The van der Waals surface area contributed by atoms with E-state index in [4.69, 9.17) is 28.1 Å². The van der Waals surface area contributed by atoms with E-state index in [9.17, 15) is 4.79 Å². The van der Waals surface area contributed by atoms with Gasteiger partial charge in [0.1, 0.15) is 0 Å². The van der Waals surface area contributed by atoms with Gasteiger partial charge in [0, 0.05) is 5.92 Å². The molecule has 4 aromatic carbocycles. The molecule has 8 heteroatoms. The highest BCUT2D eigenvalue weighted by atomic mass is 28.4. The fourth-order valence-corrected chi connectivity index (χ4v) is 10.7. The SMILES string of the molecule is COC(=O)C[C@@H](c1cc(OC)c2c(c1)OCO2)[C@@H](CO[Si](c1ccccc1)(c1ccccc1)C(C)(C)C)OCc1ccccc1. The van der Waals surface area contributed by atoms with Crippen molar-refractivity contribution in [1.82, 2.24) is 0 Å². The van der Waals surface area contributed by atoms with E-state index in [0.717, 1.165) is 11.1 Å². The summed E-state index contributed by atoms with van der Waals surface area (Å²) >= 11 is 0. The van der Waals surface area contributed by atoms with Crippen LogP contribution in [0.1, 0.15) is 44.2 Å². The standard InChI is InChI=1S/C37H42O7Si/c1-37(2,3)45(29-17-11-7-12-18-29,30-19-13-8-14-20-30)44-25-34(41-24-27-15-9-6-10-16-27)31(23-35(38)40-5)28-21-32(39-4)36-33(22-28)42-26-43-36/h6-22,31,34H,23-26H2,1-5H3/t31-,34+/m0/s1. The van der Waals surface area contributed by atoms with Gasteiger partial charge in [-0.1, -0.05) is 112 Å². The highest BCUT2D eigenvalue weighted by Gasteiger charge is 2.51. The van der Waals surface area contributed by atoms with E-state index in [2.05, 4.69) is 69.3 Å². The fourth-order valence-electron chi connectivity index (χ4n) is 6.12. The monoisotopic (exact) mass is 626 g/mol. The molecule has 1 aliphatic heterocycles. The Bertz CT molecular complexity index is 1500. The molecule has 0 unspecified atom stereocenters. The van der Waals surface area contributed by atoms with Crippen molar-refractivity contribution in [3.8, 4) is 17.2 Å². The van der Waals surface area contributed by atoms with Crippen LogP contribution in [0.3, 0.4) is 0 Å². The van der Waals surface area contributed by atoms with Crippen molar-refractivity contribution in [2.24, 2.45) is 0 Å². The first-order valence-electron chi connectivity index (χ1n) is 15.2. The molecule has 0 saturated carbocycles. The smallest absolute Gasteiger partial charge is 0.306 e. The van der Waals surface area contributed by atoms with Gasteiger partial charge in [0.25, 0.3) is 8.32 Å². The summed E-state index contributed by atoms with van der Waals surface area (Å²) in [6.45, 7) is 7.41. The molecule has 0 spiro atoms. The number of hydrogen-bond donors (Lipinski definition) is 0. The number of fused-ring (bicyclic) bond motifs is 1. The van der Waals surface area contributed by atoms with Crippen LogP contribution in [0.15, 0.2) is 103 Å². The number of benzene rings is 4. The average Bonchev–Trinajstić information content (AvgIpc) is 3.55. The largest absolute Gasteiger partial charge is 0.493 e. The summed E-state index contributed by atoms with van der Waals surface area (Å²) in [7, 11) is 0.0747. The van der Waals surface area contributed by atoms with E-state index in [1.165, 1.54) is 17.5 Å². The summed E-state index contributed by atoms with van der Waals surface area (Å²) in [6.07, 6.45) is -0.459. The van der Waals surface area contributed by atoms with Crippen LogP contribution >= 0.6 is 0 Å². The van der Waals surface area contributed by atoms with Gasteiger partial charge in [-0.15, -0.1) is 0 Å². The Morgan fingerprint density at radius 1 is 0.844 bits per heavy atom. The number of hydrogen-bond acceptors (Lipinski definition) is 7. The van der Waals surface area contributed by atoms with Crippen LogP contribution in [-0.2, 0) is 25.3 Å². The second-order valence-corrected chi connectivity index (χ2v) is 16.5. The first kappa shape index (κ1) is 32.3. The Kier molecular flexibility index (Phi) is 10.3. The van der Waals surface area contributed by atoms with Gasteiger partial charge < -0.3 is 28.1 Å². The molecule has 4 aromatic rings. The summed E-state index contributed by atoms with van der Waals surface area (Å²) in [5, 5.41) is 2.10. The van der Waals surface area contributed by atoms with E-state index in [1.807, 2.05) is 54.6 Å². The molecule has 0 fully saturated rings. The molecular weight excluding hydrogens is 584 g/mol. The molecule has 0 aliphatic carbocycles. The van der Waals surface area contributed by atoms with Crippen molar-refractivity contribution in [1.29, 1.82) is 0 Å². The summed E-state index contributed by atoms with van der Waals surface area (Å²) in [6, 6.07) is 34.8. The predicted molar refractivity (Wildman–Crippen MR) is 177 cm³/mol. The van der Waals surface area contributed by atoms with E-state index >= 15 is 0 Å². The highest BCUT2D eigenvalue weighted by Crippen LogP contribution is 2.45. The molecule has 0 bridgehead atoms. The molecule has 2 atom stereocenters. The van der Waals surface area contributed by atoms with Crippen LogP contribution in [0.25, 0.3) is 0 Å². The maximum Gasteiger partial charge on any atom is 0.306 e. The lowest BCUT2D eigenvalue weighted by Gasteiger charge is -2.44. The van der Waals surface area contributed by atoms with Crippen LogP contribution in [0.5, 0.6) is 17.2 Å². The van der Waals surface area contributed by atoms with Crippen molar-refractivity contribution < 1.29 is 32.9 Å². The molecular formula is C37H42O7Si.